The van der Waals surface area contributed by atoms with Gasteiger partial charge in [0.05, 0.1) is 18.3 Å². The van der Waals surface area contributed by atoms with Gasteiger partial charge in [0.15, 0.2) is 0 Å². The van der Waals surface area contributed by atoms with Crippen LogP contribution in [0.3, 0.4) is 0 Å². The summed E-state index contributed by atoms with van der Waals surface area (Å²) in [5.74, 6) is 2.55. The summed E-state index contributed by atoms with van der Waals surface area (Å²) in [7, 11) is 0. The van der Waals surface area contributed by atoms with Crippen molar-refractivity contribution in [1.82, 2.24) is 15.1 Å². The molecule has 2 bridgehead atoms. The molecule has 0 radical (unpaired) electrons. The number of carbonyl (C=O) groups is 1. The second kappa shape index (κ2) is 6.42. The van der Waals surface area contributed by atoms with Crippen molar-refractivity contribution < 1.29 is 4.79 Å². The van der Waals surface area contributed by atoms with Gasteiger partial charge in [-0.15, -0.1) is 0 Å². The minimum absolute atomic E-state index is 0.109. The highest BCUT2D eigenvalue weighted by Crippen LogP contribution is 2.49. The number of hydrogen-bond acceptors (Lipinski definition) is 2. The van der Waals surface area contributed by atoms with Crippen LogP contribution in [-0.4, -0.2) is 21.7 Å². The Bertz CT molecular complexity index is 709. The number of carbonyl (C=O) groups excluding carboxylic acids is 1. The predicted molar refractivity (Wildman–Crippen MR) is 93.8 cm³/mol. The van der Waals surface area contributed by atoms with Crippen molar-refractivity contribution in [1.29, 1.82) is 0 Å². The molecule has 4 atom stereocenters. The van der Waals surface area contributed by atoms with E-state index < -0.39 is 0 Å². The summed E-state index contributed by atoms with van der Waals surface area (Å²) in [6, 6.07) is 10.3. The molecule has 0 aliphatic heterocycles. The van der Waals surface area contributed by atoms with Crippen molar-refractivity contribution in [2.75, 3.05) is 0 Å². The van der Waals surface area contributed by atoms with Crippen LogP contribution in [0.4, 0.5) is 0 Å². The molecule has 2 aliphatic rings. The molecule has 1 aromatic carbocycles. The van der Waals surface area contributed by atoms with Gasteiger partial charge in [0.25, 0.3) is 0 Å². The fraction of sp³-hybridized carbons (Fsp3) is 0.500. The van der Waals surface area contributed by atoms with Crippen molar-refractivity contribution >= 4 is 5.91 Å². The van der Waals surface area contributed by atoms with E-state index in [0.29, 0.717) is 12.3 Å². The Hall–Kier alpha value is -2.10. The van der Waals surface area contributed by atoms with E-state index in [1.54, 1.807) is 6.20 Å². The van der Waals surface area contributed by atoms with Crippen molar-refractivity contribution in [3.63, 3.8) is 0 Å². The van der Waals surface area contributed by atoms with Crippen LogP contribution in [0.25, 0.3) is 5.69 Å². The van der Waals surface area contributed by atoms with Gasteiger partial charge in [0.2, 0.25) is 5.91 Å². The summed E-state index contributed by atoms with van der Waals surface area (Å²) < 4.78 is 1.82. The summed E-state index contributed by atoms with van der Waals surface area (Å²) in [4.78, 5) is 12.4. The molecule has 4 heteroatoms. The lowest BCUT2D eigenvalue weighted by Crippen LogP contribution is -2.40. The first-order valence-electron chi connectivity index (χ1n) is 9.07. The smallest absolute Gasteiger partial charge is 0.224 e. The largest absolute Gasteiger partial charge is 0.353 e. The summed E-state index contributed by atoms with van der Waals surface area (Å²) in [6.07, 6.45) is 9.58. The molecule has 4 rings (SSSR count). The van der Waals surface area contributed by atoms with Gasteiger partial charge in [-0.1, -0.05) is 24.6 Å². The highest BCUT2D eigenvalue weighted by molar-refractivity contribution is 5.78. The normalized spacial score (nSPS) is 26.5. The molecule has 2 saturated carbocycles. The van der Waals surface area contributed by atoms with Crippen LogP contribution in [0.2, 0.25) is 0 Å². The Morgan fingerprint density at radius 3 is 2.83 bits per heavy atom. The lowest BCUT2D eigenvalue weighted by Gasteiger charge is -2.28. The van der Waals surface area contributed by atoms with E-state index in [9.17, 15) is 4.79 Å². The minimum Gasteiger partial charge on any atom is -0.353 e. The lowest BCUT2D eigenvalue weighted by molar-refractivity contribution is -0.121. The molecule has 126 valence electrons. The van der Waals surface area contributed by atoms with Gasteiger partial charge in [-0.3, -0.25) is 4.79 Å². The maximum atomic E-state index is 12.4. The fourth-order valence-electron chi connectivity index (χ4n) is 4.68. The number of para-hydroxylation sites is 1. The zero-order valence-corrected chi connectivity index (χ0v) is 14.2. The molecular formula is C20H25N3O. The SMILES string of the molecule is C[C@H](NC(=O)Cc1cnn(-c2ccccc2)c1)[C@H]1C[C@H]2CC[C@H]1C2. The topological polar surface area (TPSA) is 46.9 Å². The van der Waals surface area contributed by atoms with Gasteiger partial charge in [0, 0.05) is 12.2 Å². The number of nitrogens with zero attached hydrogens (tertiary/aromatic N) is 2. The summed E-state index contributed by atoms with van der Waals surface area (Å²) in [5.41, 5.74) is 1.97. The number of aromatic nitrogens is 2. The van der Waals surface area contributed by atoms with E-state index in [-0.39, 0.29) is 11.9 Å². The first-order valence-corrected chi connectivity index (χ1v) is 9.07. The van der Waals surface area contributed by atoms with Crippen molar-refractivity contribution in [2.24, 2.45) is 17.8 Å². The molecule has 2 aliphatic carbocycles. The van der Waals surface area contributed by atoms with Crippen molar-refractivity contribution in [2.45, 2.75) is 45.1 Å². The first-order chi connectivity index (χ1) is 11.7. The average Bonchev–Trinajstić information content (AvgIpc) is 3.32. The highest BCUT2D eigenvalue weighted by Gasteiger charge is 2.42. The van der Waals surface area contributed by atoms with Gasteiger partial charge < -0.3 is 5.32 Å². The number of fused-ring (bicyclic) bond motifs is 2. The van der Waals surface area contributed by atoms with Gasteiger partial charge in [-0.2, -0.15) is 5.10 Å². The van der Waals surface area contributed by atoms with Gasteiger partial charge in [-0.05, 0) is 61.6 Å². The van der Waals surface area contributed by atoms with Gasteiger partial charge in [-0.25, -0.2) is 4.68 Å². The molecule has 1 amide bonds. The highest BCUT2D eigenvalue weighted by atomic mass is 16.1. The third-order valence-electron chi connectivity index (χ3n) is 5.85. The molecule has 0 saturated heterocycles. The maximum absolute atomic E-state index is 12.4. The van der Waals surface area contributed by atoms with Crippen LogP contribution in [0.15, 0.2) is 42.7 Å². The first kappa shape index (κ1) is 15.4. The fourth-order valence-corrected chi connectivity index (χ4v) is 4.68. The number of nitrogens with one attached hydrogen (secondary N) is 1. The average molecular weight is 323 g/mol. The third-order valence-corrected chi connectivity index (χ3v) is 5.85. The quantitative estimate of drug-likeness (QED) is 0.917. The molecule has 24 heavy (non-hydrogen) atoms. The molecule has 1 N–H and O–H groups in total. The summed E-state index contributed by atoms with van der Waals surface area (Å²) in [6.45, 7) is 2.18. The number of hydrogen-bond donors (Lipinski definition) is 1. The van der Waals surface area contributed by atoms with Crippen LogP contribution in [0, 0.1) is 17.8 Å². The van der Waals surface area contributed by atoms with Crippen LogP contribution in [0.5, 0.6) is 0 Å². The maximum Gasteiger partial charge on any atom is 0.224 e. The Labute approximate surface area is 143 Å². The van der Waals surface area contributed by atoms with Crippen molar-refractivity contribution in [3.8, 4) is 5.69 Å². The molecule has 2 fully saturated rings. The van der Waals surface area contributed by atoms with E-state index in [4.69, 9.17) is 0 Å². The second-order valence-corrected chi connectivity index (χ2v) is 7.50. The summed E-state index contributed by atoms with van der Waals surface area (Å²) in [5, 5.41) is 7.59. The Kier molecular flexibility index (Phi) is 4.13. The standard InChI is InChI=1S/C20H25N3O/c1-14(19-10-15-7-8-17(19)9-15)22-20(24)11-16-12-21-23(13-16)18-5-3-2-4-6-18/h2-6,12-15,17,19H,7-11H2,1H3,(H,22,24)/t14-,15-,17-,19+/m0/s1. The Balaban J connectivity index is 1.34. The molecule has 0 spiro atoms. The zero-order chi connectivity index (χ0) is 16.5. The minimum atomic E-state index is 0.109. The van der Waals surface area contributed by atoms with E-state index >= 15 is 0 Å². The van der Waals surface area contributed by atoms with E-state index in [0.717, 1.165) is 23.1 Å². The molecule has 0 unspecified atom stereocenters. The Morgan fingerprint density at radius 1 is 1.29 bits per heavy atom. The number of amides is 1. The van der Waals surface area contributed by atoms with E-state index in [1.807, 2.05) is 41.2 Å². The molecular weight excluding hydrogens is 298 g/mol. The predicted octanol–water partition coefficient (Wildman–Crippen LogP) is 3.36. The third kappa shape index (κ3) is 3.10. The number of rotatable bonds is 5. The van der Waals surface area contributed by atoms with Gasteiger partial charge in [0.1, 0.15) is 0 Å². The van der Waals surface area contributed by atoms with Crippen molar-refractivity contribution in [3.05, 3.63) is 48.3 Å². The van der Waals surface area contributed by atoms with Crippen LogP contribution < -0.4 is 5.32 Å². The van der Waals surface area contributed by atoms with Crippen LogP contribution in [0.1, 0.15) is 38.2 Å². The lowest BCUT2D eigenvalue weighted by atomic mass is 9.84. The Morgan fingerprint density at radius 2 is 2.12 bits per heavy atom. The monoisotopic (exact) mass is 323 g/mol. The van der Waals surface area contributed by atoms with Gasteiger partial charge >= 0.3 is 0 Å². The molecule has 2 aromatic rings. The number of benzene rings is 1. The zero-order valence-electron chi connectivity index (χ0n) is 14.2. The molecule has 1 aromatic heterocycles. The van der Waals surface area contributed by atoms with E-state index in [2.05, 4.69) is 17.3 Å². The second-order valence-electron chi connectivity index (χ2n) is 7.50. The summed E-state index contributed by atoms with van der Waals surface area (Å²) >= 11 is 0. The van der Waals surface area contributed by atoms with E-state index in [1.165, 1.54) is 25.7 Å². The van der Waals surface area contributed by atoms with Crippen LogP contribution >= 0.6 is 0 Å². The molecule has 4 nitrogen and oxygen atoms in total. The molecule has 1 heterocycles. The van der Waals surface area contributed by atoms with Crippen LogP contribution in [-0.2, 0) is 11.2 Å².